The van der Waals surface area contributed by atoms with Crippen LogP contribution in [0, 0.1) is 6.92 Å². The summed E-state index contributed by atoms with van der Waals surface area (Å²) >= 11 is 0. The molecule has 4 heteroatoms. The Labute approximate surface area is 122 Å². The summed E-state index contributed by atoms with van der Waals surface area (Å²) in [7, 11) is 0. The van der Waals surface area contributed by atoms with Gasteiger partial charge in [0, 0.05) is 45.0 Å². The third kappa shape index (κ3) is 3.95. The number of anilines is 1. The fraction of sp³-hybridized carbons (Fsp3) is 0.625. The molecule has 1 heterocycles. The highest BCUT2D eigenvalue weighted by Gasteiger charge is 2.17. The van der Waals surface area contributed by atoms with Crippen LogP contribution < -0.4 is 10.2 Å². The summed E-state index contributed by atoms with van der Waals surface area (Å²) in [5.41, 5.74) is 4.07. The molecule has 0 spiro atoms. The maximum absolute atomic E-state index is 8.99. The topological polar surface area (TPSA) is 38.7 Å². The molecule has 112 valence electrons. The van der Waals surface area contributed by atoms with Gasteiger partial charge in [0.25, 0.3) is 0 Å². The molecule has 0 radical (unpaired) electrons. The van der Waals surface area contributed by atoms with Gasteiger partial charge < -0.3 is 15.3 Å². The Morgan fingerprint density at radius 2 is 1.95 bits per heavy atom. The van der Waals surface area contributed by atoms with E-state index in [1.54, 1.807) is 0 Å². The Balaban J connectivity index is 1.96. The number of aryl methyl sites for hydroxylation is 1. The second kappa shape index (κ2) is 7.62. The maximum atomic E-state index is 8.99. The summed E-state index contributed by atoms with van der Waals surface area (Å²) in [5, 5.41) is 12.4. The number of aliphatic hydroxyl groups excluding tert-OH is 1. The van der Waals surface area contributed by atoms with Crippen LogP contribution in [0.2, 0.25) is 0 Å². The Bertz CT molecular complexity index is 414. The molecule has 1 aromatic carbocycles. The standard InChI is InChI=1S/C16H27N3O/c1-3-17-13-15-4-5-16(14(2)12-15)19-8-6-18(7-9-19)10-11-20/h4-5,12,17,20H,3,6-11,13H2,1-2H3. The van der Waals surface area contributed by atoms with E-state index in [1.807, 2.05) is 0 Å². The van der Waals surface area contributed by atoms with E-state index in [9.17, 15) is 0 Å². The lowest BCUT2D eigenvalue weighted by molar-refractivity contribution is 0.188. The van der Waals surface area contributed by atoms with Crippen LogP contribution in [-0.4, -0.2) is 55.9 Å². The second-order valence-electron chi connectivity index (χ2n) is 5.45. The second-order valence-corrected chi connectivity index (χ2v) is 5.45. The van der Waals surface area contributed by atoms with Crippen molar-refractivity contribution in [2.45, 2.75) is 20.4 Å². The van der Waals surface area contributed by atoms with Crippen LogP contribution in [0.15, 0.2) is 18.2 Å². The number of rotatable bonds is 6. The summed E-state index contributed by atoms with van der Waals surface area (Å²) in [6.45, 7) is 11.5. The molecule has 0 atom stereocenters. The smallest absolute Gasteiger partial charge is 0.0558 e. The Morgan fingerprint density at radius 3 is 2.55 bits per heavy atom. The van der Waals surface area contributed by atoms with Crippen LogP contribution >= 0.6 is 0 Å². The predicted octanol–water partition coefficient (Wildman–Crippen LogP) is 1.22. The highest BCUT2D eigenvalue weighted by molar-refractivity contribution is 5.54. The normalized spacial score (nSPS) is 16.6. The van der Waals surface area contributed by atoms with Gasteiger partial charge in [0.05, 0.1) is 6.61 Å². The molecule has 1 aromatic rings. The lowest BCUT2D eigenvalue weighted by Crippen LogP contribution is -2.47. The van der Waals surface area contributed by atoms with E-state index in [0.29, 0.717) is 0 Å². The highest BCUT2D eigenvalue weighted by atomic mass is 16.3. The van der Waals surface area contributed by atoms with Crippen molar-refractivity contribution >= 4 is 5.69 Å². The summed E-state index contributed by atoms with van der Waals surface area (Å²) in [6.07, 6.45) is 0. The van der Waals surface area contributed by atoms with Crippen molar-refractivity contribution in [3.63, 3.8) is 0 Å². The molecule has 0 amide bonds. The molecule has 1 saturated heterocycles. The lowest BCUT2D eigenvalue weighted by Gasteiger charge is -2.36. The molecule has 1 fully saturated rings. The Hall–Kier alpha value is -1.10. The molecule has 2 N–H and O–H groups in total. The third-order valence-corrected chi connectivity index (χ3v) is 3.97. The number of nitrogens with one attached hydrogen (secondary N) is 1. The van der Waals surface area contributed by atoms with Crippen LogP contribution in [0.4, 0.5) is 5.69 Å². The fourth-order valence-corrected chi connectivity index (χ4v) is 2.81. The molecule has 0 saturated carbocycles. The van der Waals surface area contributed by atoms with E-state index in [-0.39, 0.29) is 6.61 Å². The van der Waals surface area contributed by atoms with E-state index >= 15 is 0 Å². The largest absolute Gasteiger partial charge is 0.395 e. The minimum atomic E-state index is 0.262. The van der Waals surface area contributed by atoms with Crippen LogP contribution in [0.3, 0.4) is 0 Å². The number of β-amino-alcohol motifs (C(OH)–C–C–N with tert-alkyl or cyclic N) is 1. The van der Waals surface area contributed by atoms with Crippen molar-refractivity contribution in [2.75, 3.05) is 50.8 Å². The van der Waals surface area contributed by atoms with Gasteiger partial charge in [-0.3, -0.25) is 4.90 Å². The van der Waals surface area contributed by atoms with E-state index < -0.39 is 0 Å². The van der Waals surface area contributed by atoms with Crippen molar-refractivity contribution in [3.05, 3.63) is 29.3 Å². The first kappa shape index (κ1) is 15.3. The van der Waals surface area contributed by atoms with Gasteiger partial charge in [-0.2, -0.15) is 0 Å². The summed E-state index contributed by atoms with van der Waals surface area (Å²) in [4.78, 5) is 4.78. The minimum Gasteiger partial charge on any atom is -0.395 e. The van der Waals surface area contributed by atoms with E-state index in [2.05, 4.69) is 47.2 Å². The molecule has 1 aliphatic rings. The van der Waals surface area contributed by atoms with E-state index in [4.69, 9.17) is 5.11 Å². The number of nitrogens with zero attached hydrogens (tertiary/aromatic N) is 2. The number of hydrogen-bond donors (Lipinski definition) is 2. The summed E-state index contributed by atoms with van der Waals surface area (Å²) in [6, 6.07) is 6.77. The Kier molecular flexibility index (Phi) is 5.83. The molecule has 20 heavy (non-hydrogen) atoms. The summed E-state index contributed by atoms with van der Waals surface area (Å²) < 4.78 is 0. The van der Waals surface area contributed by atoms with Gasteiger partial charge >= 0.3 is 0 Å². The fourth-order valence-electron chi connectivity index (χ4n) is 2.81. The number of aliphatic hydroxyl groups is 1. The molecule has 0 aromatic heterocycles. The number of benzene rings is 1. The molecule has 0 aliphatic carbocycles. The van der Waals surface area contributed by atoms with Gasteiger partial charge in [0.1, 0.15) is 0 Å². The zero-order valence-electron chi connectivity index (χ0n) is 12.7. The van der Waals surface area contributed by atoms with Gasteiger partial charge in [0.15, 0.2) is 0 Å². The lowest BCUT2D eigenvalue weighted by atomic mass is 10.1. The summed E-state index contributed by atoms with van der Waals surface area (Å²) in [5.74, 6) is 0. The van der Waals surface area contributed by atoms with Crippen LogP contribution in [0.25, 0.3) is 0 Å². The minimum absolute atomic E-state index is 0.262. The number of piperazine rings is 1. The van der Waals surface area contributed by atoms with Crippen molar-refractivity contribution < 1.29 is 5.11 Å². The van der Waals surface area contributed by atoms with E-state index in [1.165, 1.54) is 16.8 Å². The predicted molar refractivity (Wildman–Crippen MR) is 84.3 cm³/mol. The number of hydrogen-bond acceptors (Lipinski definition) is 4. The zero-order chi connectivity index (χ0) is 14.4. The maximum Gasteiger partial charge on any atom is 0.0558 e. The van der Waals surface area contributed by atoms with Crippen LogP contribution in [0.5, 0.6) is 0 Å². The monoisotopic (exact) mass is 277 g/mol. The third-order valence-electron chi connectivity index (χ3n) is 3.97. The molecular weight excluding hydrogens is 250 g/mol. The van der Waals surface area contributed by atoms with Crippen molar-refractivity contribution in [1.29, 1.82) is 0 Å². The van der Waals surface area contributed by atoms with Gasteiger partial charge in [-0.15, -0.1) is 0 Å². The van der Waals surface area contributed by atoms with Crippen LogP contribution in [0.1, 0.15) is 18.1 Å². The van der Waals surface area contributed by atoms with Crippen molar-refractivity contribution in [3.8, 4) is 0 Å². The first-order chi connectivity index (χ1) is 9.74. The highest BCUT2D eigenvalue weighted by Crippen LogP contribution is 2.22. The SMILES string of the molecule is CCNCc1ccc(N2CCN(CCO)CC2)c(C)c1. The first-order valence-corrected chi connectivity index (χ1v) is 7.63. The average molecular weight is 277 g/mol. The first-order valence-electron chi connectivity index (χ1n) is 7.63. The molecule has 0 bridgehead atoms. The molecule has 2 rings (SSSR count). The molecule has 4 nitrogen and oxygen atoms in total. The zero-order valence-corrected chi connectivity index (χ0v) is 12.7. The van der Waals surface area contributed by atoms with Crippen molar-refractivity contribution in [2.24, 2.45) is 0 Å². The molecular formula is C16H27N3O. The van der Waals surface area contributed by atoms with Gasteiger partial charge in [-0.05, 0) is 30.7 Å². The van der Waals surface area contributed by atoms with E-state index in [0.717, 1.165) is 45.8 Å². The van der Waals surface area contributed by atoms with Gasteiger partial charge in [0.2, 0.25) is 0 Å². The van der Waals surface area contributed by atoms with Gasteiger partial charge in [-0.25, -0.2) is 0 Å². The Morgan fingerprint density at radius 1 is 1.20 bits per heavy atom. The van der Waals surface area contributed by atoms with Gasteiger partial charge in [-0.1, -0.05) is 19.1 Å². The van der Waals surface area contributed by atoms with Crippen LogP contribution in [-0.2, 0) is 6.54 Å². The average Bonchev–Trinajstić information content (AvgIpc) is 2.47. The molecule has 1 aliphatic heterocycles. The van der Waals surface area contributed by atoms with Crippen molar-refractivity contribution in [1.82, 2.24) is 10.2 Å². The quantitative estimate of drug-likeness (QED) is 0.820. The molecule has 0 unspecified atom stereocenters.